The molecule has 2 aliphatic heterocycles. The van der Waals surface area contributed by atoms with E-state index in [1.54, 1.807) is 11.0 Å². The second-order valence-corrected chi connectivity index (χ2v) is 14.2. The van der Waals surface area contributed by atoms with Crippen LogP contribution in [0.3, 0.4) is 0 Å². The van der Waals surface area contributed by atoms with E-state index >= 15 is 0 Å². The summed E-state index contributed by atoms with van der Waals surface area (Å²) in [5.41, 5.74) is 5.35. The molecule has 4 atom stereocenters. The molecule has 8 nitrogen and oxygen atoms in total. The highest BCUT2D eigenvalue weighted by Gasteiger charge is 2.62. The van der Waals surface area contributed by atoms with Crippen LogP contribution < -0.4 is 25.0 Å². The van der Waals surface area contributed by atoms with Crippen LogP contribution in [0, 0.1) is 0 Å². The highest BCUT2D eigenvalue weighted by atomic mass is 19.4. The van der Waals surface area contributed by atoms with Gasteiger partial charge in [0.15, 0.2) is 0 Å². The smallest absolute Gasteiger partial charge is 0.461 e. The first-order valence-corrected chi connectivity index (χ1v) is 18.4. The van der Waals surface area contributed by atoms with E-state index in [1.165, 1.54) is 49.4 Å². The predicted molar refractivity (Wildman–Crippen MR) is 195 cm³/mol. The van der Waals surface area contributed by atoms with Crippen molar-refractivity contribution in [3.8, 4) is 11.5 Å². The second-order valence-electron chi connectivity index (χ2n) is 14.2. The van der Waals surface area contributed by atoms with Gasteiger partial charge in [-0.05, 0) is 72.5 Å². The lowest BCUT2D eigenvalue weighted by molar-refractivity contribution is -0.268. The Morgan fingerprint density at radius 1 is 0.661 bits per heavy atom. The number of halogens is 11. The quantitative estimate of drug-likeness (QED) is 0.149. The molecule has 4 heterocycles. The van der Waals surface area contributed by atoms with Gasteiger partial charge in [-0.25, -0.2) is 9.97 Å². The van der Waals surface area contributed by atoms with E-state index in [-0.39, 0.29) is 30.6 Å². The average molecular weight is 848 g/mol. The summed E-state index contributed by atoms with van der Waals surface area (Å²) in [5.74, 6) is -6.89. The highest BCUT2D eigenvalue weighted by molar-refractivity contribution is 5.87. The Morgan fingerprint density at radius 2 is 1.07 bits per heavy atom. The van der Waals surface area contributed by atoms with Crippen LogP contribution in [0.1, 0.15) is 67.6 Å². The Morgan fingerprint density at radius 3 is 1.44 bits per heavy atom. The Hall–Kier alpha value is -5.20. The molecule has 2 fully saturated rings. The lowest BCUT2D eigenvalue weighted by atomic mass is 9.93. The third kappa shape index (κ3) is 11.7. The first-order valence-electron chi connectivity index (χ1n) is 18.4. The average Bonchev–Trinajstić information content (AvgIpc) is 3.85. The first kappa shape index (κ1) is 44.9. The number of carbonyl (C=O) groups is 1. The van der Waals surface area contributed by atoms with Gasteiger partial charge in [0.25, 0.3) is 0 Å². The maximum Gasteiger partial charge on any atom is 0.461 e. The largest absolute Gasteiger partial charge is 0.489 e. The normalized spacial score (nSPS) is 18.5. The summed E-state index contributed by atoms with van der Waals surface area (Å²) in [5, 5.41) is 0. The number of rotatable bonds is 11. The fourth-order valence-electron chi connectivity index (χ4n) is 6.37. The number of nitrogens with two attached hydrogens (primary N) is 1. The summed E-state index contributed by atoms with van der Waals surface area (Å²) < 4.78 is 152. The van der Waals surface area contributed by atoms with Crippen LogP contribution in [0.25, 0.3) is 0 Å². The molecule has 2 unspecified atom stereocenters. The fourth-order valence-corrected chi connectivity index (χ4v) is 6.37. The van der Waals surface area contributed by atoms with Gasteiger partial charge < -0.3 is 25.0 Å². The van der Waals surface area contributed by atoms with Crippen LogP contribution in [0.2, 0.25) is 0 Å². The zero-order chi connectivity index (χ0) is 43.3. The fraction of sp³-hybridized carbons (Fsp3) is 0.425. The van der Waals surface area contributed by atoms with Crippen molar-refractivity contribution in [2.75, 3.05) is 36.0 Å². The molecule has 320 valence electrons. The summed E-state index contributed by atoms with van der Waals surface area (Å²) in [7, 11) is 0. The standard InChI is InChI=1S/C22H20F8N2O2.C18H20F3N3O/c1-13(11-18(33)20(23,24)22(28,29)30)14-5-7-15(8-6-14)34-16-9-10-32(12-16)19-4-2-3-17(31-19)21(25,26)27;1-12(22)13-5-7-14(8-6-13)25-15-9-10-24(11-15)17-4-2-3-16(23-17)18(19,20)21/h2-8,13,16H,9-12H2,1H3;2-8,12,15H,9-11,22H2,1H3/t13-,16?;12-,15?/m10/s1. The zero-order valence-corrected chi connectivity index (χ0v) is 31.6. The lowest BCUT2D eigenvalue weighted by Crippen LogP contribution is -2.44. The number of alkyl halides is 11. The summed E-state index contributed by atoms with van der Waals surface area (Å²) in [6, 6.07) is 21.0. The van der Waals surface area contributed by atoms with Gasteiger partial charge in [-0.2, -0.15) is 48.3 Å². The van der Waals surface area contributed by atoms with Crippen molar-refractivity contribution in [2.24, 2.45) is 5.73 Å². The number of ether oxygens (including phenoxy) is 2. The molecule has 2 saturated heterocycles. The van der Waals surface area contributed by atoms with Gasteiger partial charge >= 0.3 is 24.5 Å². The van der Waals surface area contributed by atoms with Crippen molar-refractivity contribution in [1.29, 1.82) is 0 Å². The Bertz CT molecular complexity index is 2010. The number of hydrogen-bond donors (Lipinski definition) is 1. The van der Waals surface area contributed by atoms with Crippen molar-refractivity contribution in [3.63, 3.8) is 0 Å². The maximum absolute atomic E-state index is 13.2. The molecule has 0 spiro atoms. The van der Waals surface area contributed by atoms with E-state index in [1.807, 2.05) is 36.1 Å². The summed E-state index contributed by atoms with van der Waals surface area (Å²) in [6.45, 7) is 5.08. The molecule has 0 bridgehead atoms. The number of benzene rings is 2. The van der Waals surface area contributed by atoms with E-state index in [9.17, 15) is 53.1 Å². The van der Waals surface area contributed by atoms with Gasteiger partial charge in [-0.1, -0.05) is 43.3 Å². The minimum atomic E-state index is -5.94. The van der Waals surface area contributed by atoms with Gasteiger partial charge in [0.05, 0.1) is 13.1 Å². The van der Waals surface area contributed by atoms with E-state index in [4.69, 9.17) is 15.2 Å². The maximum atomic E-state index is 13.2. The number of aromatic nitrogens is 2. The van der Waals surface area contributed by atoms with Crippen LogP contribution >= 0.6 is 0 Å². The van der Waals surface area contributed by atoms with Gasteiger partial charge in [0.2, 0.25) is 5.78 Å². The summed E-state index contributed by atoms with van der Waals surface area (Å²) in [6.07, 6.45) is -15.1. The van der Waals surface area contributed by atoms with E-state index < -0.39 is 54.0 Å². The summed E-state index contributed by atoms with van der Waals surface area (Å²) in [4.78, 5) is 22.3. The third-order valence-electron chi connectivity index (χ3n) is 9.65. The van der Waals surface area contributed by atoms with Crippen LogP contribution in [-0.2, 0) is 17.1 Å². The molecule has 2 aliphatic rings. The molecule has 0 saturated carbocycles. The van der Waals surface area contributed by atoms with E-state index in [2.05, 4.69) is 9.97 Å². The molecule has 2 aromatic heterocycles. The first-order chi connectivity index (χ1) is 27.5. The van der Waals surface area contributed by atoms with Crippen molar-refractivity contribution in [1.82, 2.24) is 9.97 Å². The van der Waals surface area contributed by atoms with E-state index in [0.717, 1.165) is 29.9 Å². The molecule has 59 heavy (non-hydrogen) atoms. The Kier molecular flexibility index (Phi) is 13.7. The van der Waals surface area contributed by atoms with Crippen LogP contribution in [0.5, 0.6) is 11.5 Å². The van der Waals surface area contributed by atoms with Gasteiger partial charge in [0.1, 0.15) is 46.7 Å². The Labute approximate surface area is 332 Å². The molecule has 0 aliphatic carbocycles. The molecular formula is C40H40F11N5O3. The lowest BCUT2D eigenvalue weighted by Gasteiger charge is -2.21. The number of anilines is 2. The molecule has 19 heteroatoms. The molecule has 0 radical (unpaired) electrons. The van der Waals surface area contributed by atoms with Crippen molar-refractivity contribution >= 4 is 17.4 Å². The monoisotopic (exact) mass is 847 g/mol. The number of carbonyl (C=O) groups excluding carboxylic acids is 1. The molecular weight excluding hydrogens is 807 g/mol. The Balaban J connectivity index is 0.000000235. The van der Waals surface area contributed by atoms with Crippen LogP contribution in [-0.4, -0.2) is 66.2 Å². The van der Waals surface area contributed by atoms with Crippen LogP contribution in [0.15, 0.2) is 84.9 Å². The number of ketones is 1. The van der Waals surface area contributed by atoms with E-state index in [0.29, 0.717) is 43.2 Å². The number of pyridine rings is 2. The van der Waals surface area contributed by atoms with Crippen LogP contribution in [0.4, 0.5) is 59.9 Å². The number of hydrogen-bond acceptors (Lipinski definition) is 8. The van der Waals surface area contributed by atoms with Crippen molar-refractivity contribution < 1.29 is 62.6 Å². The number of Topliss-reactive ketones (excluding diaryl/α,β-unsaturated/α-hetero) is 1. The zero-order valence-electron chi connectivity index (χ0n) is 31.6. The number of nitrogens with zero attached hydrogens (tertiary/aromatic N) is 4. The third-order valence-corrected chi connectivity index (χ3v) is 9.65. The molecule has 4 aromatic rings. The highest BCUT2D eigenvalue weighted by Crippen LogP contribution is 2.39. The molecule has 2 aromatic carbocycles. The predicted octanol–water partition coefficient (Wildman–Crippen LogP) is 9.80. The molecule has 2 N–H and O–H groups in total. The molecule has 6 rings (SSSR count). The van der Waals surface area contributed by atoms with Gasteiger partial charge in [0, 0.05) is 38.4 Å². The van der Waals surface area contributed by atoms with Crippen molar-refractivity contribution in [2.45, 2.75) is 81.7 Å². The minimum Gasteiger partial charge on any atom is -0.489 e. The SMILES string of the molecule is C[C@H](CC(=O)C(F)(F)C(F)(F)F)c1ccc(OC2CCN(c3cccc(C(F)(F)F)n3)C2)cc1.C[C@H](N)c1ccc(OC2CCN(c3cccc(C(F)(F)F)n3)C2)cc1. The second kappa shape index (κ2) is 18.0. The van der Waals surface area contributed by atoms with Gasteiger partial charge in [-0.3, -0.25) is 4.79 Å². The van der Waals surface area contributed by atoms with Gasteiger partial charge in [-0.15, -0.1) is 0 Å². The molecule has 0 amide bonds. The van der Waals surface area contributed by atoms with Crippen molar-refractivity contribution in [3.05, 3.63) is 107 Å². The topological polar surface area (TPSA) is 93.8 Å². The minimum absolute atomic E-state index is 0.0389. The summed E-state index contributed by atoms with van der Waals surface area (Å²) >= 11 is 0.